The van der Waals surface area contributed by atoms with E-state index in [0.717, 1.165) is 23.6 Å². The third-order valence-electron chi connectivity index (χ3n) is 5.16. The zero-order valence-electron chi connectivity index (χ0n) is 14.8. The maximum Gasteiger partial charge on any atom is 0.416 e. The smallest absolute Gasteiger partial charge is 0.347 e. The van der Waals surface area contributed by atoms with Crippen LogP contribution in [0.2, 0.25) is 0 Å². The largest absolute Gasteiger partial charge is 0.416 e. The third kappa shape index (κ3) is 3.20. The molecule has 1 fully saturated rings. The maximum atomic E-state index is 12.9. The van der Waals surface area contributed by atoms with E-state index in [2.05, 4.69) is 9.88 Å². The van der Waals surface area contributed by atoms with Crippen LogP contribution < -0.4 is 9.80 Å². The first-order valence-corrected chi connectivity index (χ1v) is 8.76. The molecule has 1 aromatic heterocycles. The summed E-state index contributed by atoms with van der Waals surface area (Å²) in [5.41, 5.74) is 0.873. The number of nitrogens with zero attached hydrogens (tertiary/aromatic N) is 4. The second-order valence-electron chi connectivity index (χ2n) is 6.81. The summed E-state index contributed by atoms with van der Waals surface area (Å²) in [6.07, 6.45) is -2.65. The van der Waals surface area contributed by atoms with Crippen molar-refractivity contribution in [3.8, 4) is 0 Å². The molecule has 2 aliphatic rings. The standard InChI is InChI=1S/C19H19F3N4O/c1-13(27)24-9-10-25-16(11-24)12-26(17-3-2-8-23-18(17)25)15-6-4-14(5-7-15)19(20,21)22/h2-8,16H,9-12H2,1H3/t16-/m1/s1. The predicted octanol–water partition coefficient (Wildman–Crippen LogP) is 3.29. The summed E-state index contributed by atoms with van der Waals surface area (Å²) in [6.45, 7) is 4.03. The molecule has 1 aromatic carbocycles. The summed E-state index contributed by atoms with van der Waals surface area (Å²) >= 11 is 0. The molecule has 0 saturated carbocycles. The molecule has 142 valence electrons. The molecule has 0 spiro atoms. The van der Waals surface area contributed by atoms with Gasteiger partial charge in [-0.05, 0) is 36.4 Å². The zero-order chi connectivity index (χ0) is 19.2. The molecule has 0 aliphatic carbocycles. The van der Waals surface area contributed by atoms with Crippen LogP contribution in [0.1, 0.15) is 12.5 Å². The Morgan fingerprint density at radius 2 is 1.85 bits per heavy atom. The summed E-state index contributed by atoms with van der Waals surface area (Å²) in [6, 6.07) is 8.95. The molecular weight excluding hydrogens is 357 g/mol. The van der Waals surface area contributed by atoms with E-state index in [1.165, 1.54) is 12.1 Å². The van der Waals surface area contributed by atoms with Crippen LogP contribution in [0.4, 0.5) is 30.4 Å². The van der Waals surface area contributed by atoms with E-state index < -0.39 is 11.7 Å². The van der Waals surface area contributed by atoms with E-state index in [-0.39, 0.29) is 11.9 Å². The molecule has 8 heteroatoms. The molecule has 0 N–H and O–H groups in total. The highest BCUT2D eigenvalue weighted by Gasteiger charge is 2.37. The lowest BCUT2D eigenvalue weighted by atomic mass is 10.0. The van der Waals surface area contributed by atoms with E-state index in [4.69, 9.17) is 0 Å². The van der Waals surface area contributed by atoms with Crippen molar-refractivity contribution >= 4 is 23.1 Å². The average Bonchev–Trinajstić information content (AvgIpc) is 2.66. The second-order valence-corrected chi connectivity index (χ2v) is 6.81. The molecule has 0 radical (unpaired) electrons. The van der Waals surface area contributed by atoms with Gasteiger partial charge in [0.25, 0.3) is 0 Å². The van der Waals surface area contributed by atoms with E-state index >= 15 is 0 Å². The number of hydrogen-bond acceptors (Lipinski definition) is 4. The van der Waals surface area contributed by atoms with Crippen LogP contribution >= 0.6 is 0 Å². The van der Waals surface area contributed by atoms with Gasteiger partial charge in [-0.2, -0.15) is 13.2 Å². The number of carbonyl (C=O) groups excluding carboxylic acids is 1. The van der Waals surface area contributed by atoms with Crippen LogP contribution in [-0.4, -0.2) is 48.0 Å². The first-order chi connectivity index (χ1) is 12.8. The van der Waals surface area contributed by atoms with Gasteiger partial charge in [0, 0.05) is 45.0 Å². The Morgan fingerprint density at radius 3 is 2.52 bits per heavy atom. The number of amides is 1. The molecule has 0 bridgehead atoms. The normalized spacial score (nSPS) is 19.6. The van der Waals surface area contributed by atoms with Gasteiger partial charge in [0.05, 0.1) is 17.3 Å². The van der Waals surface area contributed by atoms with Crippen molar-refractivity contribution in [3.63, 3.8) is 0 Å². The Morgan fingerprint density at radius 1 is 1.11 bits per heavy atom. The van der Waals surface area contributed by atoms with Crippen LogP contribution in [0.25, 0.3) is 0 Å². The number of hydrogen-bond donors (Lipinski definition) is 0. The molecule has 1 amide bonds. The molecule has 5 nitrogen and oxygen atoms in total. The average molecular weight is 376 g/mol. The number of benzene rings is 1. The van der Waals surface area contributed by atoms with Crippen molar-refractivity contribution in [1.29, 1.82) is 0 Å². The van der Waals surface area contributed by atoms with Crippen molar-refractivity contribution < 1.29 is 18.0 Å². The number of carbonyl (C=O) groups is 1. The summed E-state index contributed by atoms with van der Waals surface area (Å²) in [5, 5.41) is 0. The Kier molecular flexibility index (Phi) is 4.20. The molecule has 3 heterocycles. The van der Waals surface area contributed by atoms with Gasteiger partial charge in [-0.25, -0.2) is 4.98 Å². The highest BCUT2D eigenvalue weighted by Crippen LogP contribution is 2.40. The Bertz CT molecular complexity index is 853. The molecular formula is C19H19F3N4O. The molecule has 0 unspecified atom stereocenters. The highest BCUT2D eigenvalue weighted by molar-refractivity contribution is 5.78. The minimum atomic E-state index is -4.36. The van der Waals surface area contributed by atoms with Gasteiger partial charge in [-0.1, -0.05) is 0 Å². The van der Waals surface area contributed by atoms with Crippen LogP contribution in [0.3, 0.4) is 0 Å². The first kappa shape index (κ1) is 17.6. The van der Waals surface area contributed by atoms with E-state index in [0.29, 0.717) is 31.9 Å². The maximum absolute atomic E-state index is 12.9. The van der Waals surface area contributed by atoms with Crippen LogP contribution in [-0.2, 0) is 11.0 Å². The van der Waals surface area contributed by atoms with E-state index in [1.54, 1.807) is 18.0 Å². The van der Waals surface area contributed by atoms with Gasteiger partial charge in [-0.3, -0.25) is 4.79 Å². The summed E-state index contributed by atoms with van der Waals surface area (Å²) in [5.74, 6) is 0.833. The molecule has 2 aromatic rings. The SMILES string of the molecule is CC(=O)N1CCN2c3ncccc3N(c3ccc(C(F)(F)F)cc3)C[C@H]2C1. The predicted molar refractivity (Wildman–Crippen MR) is 96.1 cm³/mol. The minimum Gasteiger partial charge on any atom is -0.347 e. The van der Waals surface area contributed by atoms with E-state index in [1.807, 2.05) is 17.0 Å². The highest BCUT2D eigenvalue weighted by atomic mass is 19.4. The minimum absolute atomic E-state index is 0.0301. The monoisotopic (exact) mass is 376 g/mol. The quantitative estimate of drug-likeness (QED) is 0.766. The Hall–Kier alpha value is -2.77. The van der Waals surface area contributed by atoms with Crippen molar-refractivity contribution in [3.05, 3.63) is 48.2 Å². The lowest BCUT2D eigenvalue weighted by Gasteiger charge is -2.48. The van der Waals surface area contributed by atoms with Gasteiger partial charge < -0.3 is 14.7 Å². The fourth-order valence-electron chi connectivity index (χ4n) is 3.78. The number of piperazine rings is 1. The topological polar surface area (TPSA) is 39.7 Å². The summed E-state index contributed by atoms with van der Waals surface area (Å²) in [4.78, 5) is 22.3. The Labute approximate surface area is 155 Å². The number of rotatable bonds is 1. The molecule has 2 aliphatic heterocycles. The van der Waals surface area contributed by atoms with Crippen molar-refractivity contribution in [2.24, 2.45) is 0 Å². The fourth-order valence-corrected chi connectivity index (χ4v) is 3.78. The van der Waals surface area contributed by atoms with Crippen molar-refractivity contribution in [1.82, 2.24) is 9.88 Å². The lowest BCUT2D eigenvalue weighted by molar-refractivity contribution is -0.137. The number of halogens is 3. The van der Waals surface area contributed by atoms with Crippen molar-refractivity contribution in [2.45, 2.75) is 19.1 Å². The first-order valence-electron chi connectivity index (χ1n) is 8.76. The zero-order valence-corrected chi connectivity index (χ0v) is 14.8. The summed E-state index contributed by atoms with van der Waals surface area (Å²) < 4.78 is 38.6. The third-order valence-corrected chi connectivity index (χ3v) is 5.16. The van der Waals surface area contributed by atoms with Gasteiger partial charge >= 0.3 is 6.18 Å². The number of pyridine rings is 1. The molecule has 4 rings (SSSR count). The molecule has 1 saturated heterocycles. The molecule has 1 atom stereocenters. The number of fused-ring (bicyclic) bond motifs is 3. The van der Waals surface area contributed by atoms with E-state index in [9.17, 15) is 18.0 Å². The van der Waals surface area contributed by atoms with Crippen LogP contribution in [0, 0.1) is 0 Å². The van der Waals surface area contributed by atoms with Gasteiger partial charge in [0.2, 0.25) is 5.91 Å². The number of aromatic nitrogens is 1. The molecule has 27 heavy (non-hydrogen) atoms. The van der Waals surface area contributed by atoms with Gasteiger partial charge in [0.15, 0.2) is 5.82 Å². The summed E-state index contributed by atoms with van der Waals surface area (Å²) in [7, 11) is 0. The second kappa shape index (κ2) is 6.44. The van der Waals surface area contributed by atoms with Crippen LogP contribution in [0.5, 0.6) is 0 Å². The van der Waals surface area contributed by atoms with Gasteiger partial charge in [0.1, 0.15) is 0 Å². The Balaban J connectivity index is 1.69. The fraction of sp³-hybridized carbons (Fsp3) is 0.368. The van der Waals surface area contributed by atoms with Crippen LogP contribution in [0.15, 0.2) is 42.6 Å². The number of alkyl halides is 3. The lowest BCUT2D eigenvalue weighted by Crippen LogP contribution is -2.60. The number of anilines is 3. The van der Waals surface area contributed by atoms with Gasteiger partial charge in [-0.15, -0.1) is 0 Å². The van der Waals surface area contributed by atoms with Crippen molar-refractivity contribution in [2.75, 3.05) is 36.0 Å².